The summed E-state index contributed by atoms with van der Waals surface area (Å²) in [5, 5.41) is 10.6. The average molecular weight is 486 g/mol. The van der Waals surface area contributed by atoms with Crippen molar-refractivity contribution in [3.63, 3.8) is 0 Å². The molecular formula is C22H24F5N5S. The highest BCUT2D eigenvalue weighted by atomic mass is 32.2. The largest absolute Gasteiger partial charge is 0.416 e. The van der Waals surface area contributed by atoms with Crippen molar-refractivity contribution in [3.8, 4) is 0 Å². The molecule has 1 fully saturated rings. The lowest BCUT2D eigenvalue weighted by molar-refractivity contribution is -0.138. The number of thioether (sulfide) groups is 1. The van der Waals surface area contributed by atoms with E-state index in [1.165, 1.54) is 16.3 Å². The molecule has 1 saturated heterocycles. The van der Waals surface area contributed by atoms with Gasteiger partial charge in [-0.25, -0.2) is 9.37 Å². The third-order valence-electron chi connectivity index (χ3n) is 5.60. The van der Waals surface area contributed by atoms with Gasteiger partial charge >= 0.3 is 6.18 Å². The van der Waals surface area contributed by atoms with Gasteiger partial charge in [-0.05, 0) is 49.5 Å². The van der Waals surface area contributed by atoms with Gasteiger partial charge in [-0.3, -0.25) is 0 Å². The average Bonchev–Trinajstić information content (AvgIpc) is 3.18. The predicted octanol–water partition coefficient (Wildman–Crippen LogP) is 5.61. The molecule has 0 aliphatic carbocycles. The molecule has 0 amide bonds. The fraction of sp³-hybridized carbons (Fsp3) is 0.455. The van der Waals surface area contributed by atoms with E-state index in [1.807, 2.05) is 13.8 Å². The van der Waals surface area contributed by atoms with Gasteiger partial charge in [0.15, 0.2) is 17.3 Å². The summed E-state index contributed by atoms with van der Waals surface area (Å²) in [5.41, 5.74) is -0.0335. The maximum atomic E-state index is 15.6. The zero-order valence-electron chi connectivity index (χ0n) is 18.1. The highest BCUT2D eigenvalue weighted by Gasteiger charge is 2.34. The third-order valence-corrected chi connectivity index (χ3v) is 6.89. The molecule has 1 aliphatic heterocycles. The number of aromatic nitrogens is 3. The second-order valence-corrected chi connectivity index (χ2v) is 9.58. The molecule has 3 heterocycles. The molecule has 1 aromatic carbocycles. The van der Waals surface area contributed by atoms with Crippen molar-refractivity contribution in [1.29, 1.82) is 0 Å². The second-order valence-electron chi connectivity index (χ2n) is 8.29. The number of anilines is 1. The Kier molecular flexibility index (Phi) is 6.81. The molecule has 11 heteroatoms. The van der Waals surface area contributed by atoms with E-state index < -0.39 is 23.4 Å². The quantitative estimate of drug-likeness (QED) is 0.351. The van der Waals surface area contributed by atoms with Crippen LogP contribution in [0.4, 0.5) is 27.8 Å². The van der Waals surface area contributed by atoms with Gasteiger partial charge in [-0.2, -0.15) is 27.2 Å². The van der Waals surface area contributed by atoms with Crippen molar-refractivity contribution in [1.82, 2.24) is 19.9 Å². The first-order valence-corrected chi connectivity index (χ1v) is 11.6. The fourth-order valence-electron chi connectivity index (χ4n) is 3.82. The summed E-state index contributed by atoms with van der Waals surface area (Å²) in [4.78, 5) is 4.53. The van der Waals surface area contributed by atoms with Gasteiger partial charge < -0.3 is 10.6 Å². The molecule has 3 aromatic rings. The number of hydrogen-bond donors (Lipinski definition) is 2. The zero-order chi connectivity index (χ0) is 23.8. The van der Waals surface area contributed by atoms with Crippen LogP contribution in [0, 0.1) is 11.6 Å². The summed E-state index contributed by atoms with van der Waals surface area (Å²) in [5.74, 6) is -1.65. The molecule has 0 radical (unpaired) electrons. The number of nitrogens with one attached hydrogen (secondary N) is 2. The Hall–Kier alpha value is -2.40. The van der Waals surface area contributed by atoms with Crippen LogP contribution < -0.4 is 10.6 Å². The van der Waals surface area contributed by atoms with Crippen molar-refractivity contribution in [3.05, 3.63) is 52.7 Å². The smallest absolute Gasteiger partial charge is 0.363 e. The van der Waals surface area contributed by atoms with E-state index in [0.717, 1.165) is 43.6 Å². The van der Waals surface area contributed by atoms with E-state index >= 15 is 4.39 Å². The molecule has 2 N–H and O–H groups in total. The van der Waals surface area contributed by atoms with E-state index in [1.54, 1.807) is 6.20 Å². The normalized spacial score (nSPS) is 15.5. The fourth-order valence-corrected chi connectivity index (χ4v) is 4.95. The Morgan fingerprint density at radius 3 is 2.61 bits per heavy atom. The van der Waals surface area contributed by atoms with Gasteiger partial charge in [0.1, 0.15) is 10.8 Å². The molecule has 0 bridgehead atoms. The van der Waals surface area contributed by atoms with Gasteiger partial charge in [0, 0.05) is 17.4 Å². The SMILES string of the molecule is CC(C)c1cnn2c(NCc3ccc(F)cc3C(F)(F)F)c(F)c(SC3CCNCC3)nc12. The molecule has 4 rings (SSSR count). The summed E-state index contributed by atoms with van der Waals surface area (Å²) < 4.78 is 70.5. The van der Waals surface area contributed by atoms with Gasteiger partial charge in [-0.1, -0.05) is 31.7 Å². The maximum Gasteiger partial charge on any atom is 0.416 e. The molecule has 2 aromatic heterocycles. The third kappa shape index (κ3) is 5.08. The minimum atomic E-state index is -4.74. The number of benzene rings is 1. The highest BCUT2D eigenvalue weighted by molar-refractivity contribution is 7.99. The number of halogens is 5. The topological polar surface area (TPSA) is 54.2 Å². The number of alkyl halides is 3. The monoisotopic (exact) mass is 485 g/mol. The standard InChI is InChI=1S/C22H24F5N5S/c1-12(2)16-11-30-32-19(16)31-21(33-15-5-7-28-8-6-15)18(24)20(32)29-10-13-3-4-14(23)9-17(13)22(25,26)27/h3-4,9,11-12,15,28-29H,5-8,10H2,1-2H3. The highest BCUT2D eigenvalue weighted by Crippen LogP contribution is 2.36. The second kappa shape index (κ2) is 9.46. The summed E-state index contributed by atoms with van der Waals surface area (Å²) in [7, 11) is 0. The van der Waals surface area contributed by atoms with E-state index in [-0.39, 0.29) is 34.1 Å². The first-order chi connectivity index (χ1) is 15.6. The Bertz CT molecular complexity index is 1140. The molecule has 0 spiro atoms. The Morgan fingerprint density at radius 2 is 1.94 bits per heavy atom. The lowest BCUT2D eigenvalue weighted by atomic mass is 10.1. The lowest BCUT2D eigenvalue weighted by Gasteiger charge is -2.22. The van der Waals surface area contributed by atoms with Gasteiger partial charge in [0.05, 0.1) is 11.8 Å². The summed E-state index contributed by atoms with van der Waals surface area (Å²) in [6.45, 7) is 5.23. The van der Waals surface area contributed by atoms with Gasteiger partial charge in [0.25, 0.3) is 0 Å². The molecule has 0 saturated carbocycles. The molecule has 1 aliphatic rings. The molecule has 5 nitrogen and oxygen atoms in total. The molecular weight excluding hydrogens is 461 g/mol. The number of rotatable bonds is 6. The Morgan fingerprint density at radius 1 is 1.21 bits per heavy atom. The van der Waals surface area contributed by atoms with Gasteiger partial charge in [-0.15, -0.1) is 0 Å². The molecule has 178 valence electrons. The van der Waals surface area contributed by atoms with Crippen LogP contribution in [0.25, 0.3) is 5.65 Å². The lowest BCUT2D eigenvalue weighted by Crippen LogP contribution is -2.29. The number of nitrogens with zero attached hydrogens (tertiary/aromatic N) is 3. The molecule has 0 unspecified atom stereocenters. The minimum absolute atomic E-state index is 0.0685. The summed E-state index contributed by atoms with van der Waals surface area (Å²) >= 11 is 1.34. The Labute approximate surface area is 192 Å². The first-order valence-electron chi connectivity index (χ1n) is 10.7. The number of piperidine rings is 1. The van der Waals surface area contributed by atoms with Crippen LogP contribution in [0.5, 0.6) is 0 Å². The van der Waals surface area contributed by atoms with Crippen LogP contribution in [0.3, 0.4) is 0 Å². The van der Waals surface area contributed by atoms with Crippen molar-refractivity contribution in [2.45, 2.75) is 55.6 Å². The first kappa shape index (κ1) is 23.7. The van der Waals surface area contributed by atoms with Crippen molar-refractivity contribution >= 4 is 23.2 Å². The number of fused-ring (bicyclic) bond motifs is 1. The van der Waals surface area contributed by atoms with Crippen molar-refractivity contribution in [2.24, 2.45) is 0 Å². The predicted molar refractivity (Wildman–Crippen MR) is 118 cm³/mol. The van der Waals surface area contributed by atoms with Crippen LogP contribution in [-0.4, -0.2) is 32.9 Å². The van der Waals surface area contributed by atoms with Crippen LogP contribution in [-0.2, 0) is 12.7 Å². The van der Waals surface area contributed by atoms with Crippen molar-refractivity contribution < 1.29 is 22.0 Å². The molecule has 0 atom stereocenters. The van der Waals surface area contributed by atoms with E-state index in [0.29, 0.717) is 11.7 Å². The van der Waals surface area contributed by atoms with Crippen LogP contribution in [0.2, 0.25) is 0 Å². The summed E-state index contributed by atoms with van der Waals surface area (Å²) in [6, 6.07) is 2.45. The minimum Gasteiger partial charge on any atom is -0.363 e. The van der Waals surface area contributed by atoms with Gasteiger partial charge in [0.2, 0.25) is 0 Å². The van der Waals surface area contributed by atoms with Crippen LogP contribution in [0.1, 0.15) is 49.3 Å². The van der Waals surface area contributed by atoms with E-state index in [9.17, 15) is 17.6 Å². The van der Waals surface area contributed by atoms with E-state index in [2.05, 4.69) is 20.7 Å². The maximum absolute atomic E-state index is 15.6. The van der Waals surface area contributed by atoms with E-state index in [4.69, 9.17) is 0 Å². The molecule has 33 heavy (non-hydrogen) atoms. The van der Waals surface area contributed by atoms with Crippen LogP contribution >= 0.6 is 11.8 Å². The number of hydrogen-bond acceptors (Lipinski definition) is 5. The summed E-state index contributed by atoms with van der Waals surface area (Å²) in [6.07, 6.45) is -1.42. The van der Waals surface area contributed by atoms with Crippen molar-refractivity contribution in [2.75, 3.05) is 18.4 Å². The Balaban J connectivity index is 1.73. The van der Waals surface area contributed by atoms with Crippen LogP contribution in [0.15, 0.2) is 29.4 Å². The zero-order valence-corrected chi connectivity index (χ0v) is 19.0.